The van der Waals surface area contributed by atoms with Crippen molar-refractivity contribution in [2.45, 2.75) is 0 Å². The number of rotatable bonds is 3. The van der Waals surface area contributed by atoms with Crippen molar-refractivity contribution < 1.29 is 9.90 Å². The Kier molecular flexibility index (Phi) is 4.04. The normalized spacial score (nSPS) is 10.7. The SMILES string of the molecule is C=N/C=C\C=C\C(=O)O. The summed E-state index contributed by atoms with van der Waals surface area (Å²) in [7, 11) is 0. The van der Waals surface area contributed by atoms with Gasteiger partial charge in [0.25, 0.3) is 0 Å². The second-order valence-corrected chi connectivity index (χ2v) is 1.22. The molecule has 0 saturated heterocycles. The summed E-state index contributed by atoms with van der Waals surface area (Å²) in [6, 6.07) is 0. The molecule has 0 aliphatic carbocycles. The van der Waals surface area contributed by atoms with Crippen LogP contribution in [-0.2, 0) is 4.79 Å². The Balaban J connectivity index is 3.59. The Labute approximate surface area is 53.0 Å². The number of aliphatic imine (C=N–C) groups is 1. The third-order valence-electron chi connectivity index (χ3n) is 0.541. The second-order valence-electron chi connectivity index (χ2n) is 1.22. The Morgan fingerprint density at radius 3 is 2.67 bits per heavy atom. The highest BCUT2D eigenvalue weighted by Crippen LogP contribution is 1.76. The van der Waals surface area contributed by atoms with E-state index in [9.17, 15) is 4.79 Å². The molecule has 0 radical (unpaired) electrons. The topological polar surface area (TPSA) is 49.7 Å². The lowest BCUT2D eigenvalue weighted by molar-refractivity contribution is -0.131. The number of carbonyl (C=O) groups is 1. The maximum atomic E-state index is 9.80. The van der Waals surface area contributed by atoms with Crippen molar-refractivity contribution in [2.24, 2.45) is 4.99 Å². The molecule has 0 saturated carbocycles. The molecule has 3 heteroatoms. The van der Waals surface area contributed by atoms with Crippen molar-refractivity contribution in [1.29, 1.82) is 0 Å². The molecule has 9 heavy (non-hydrogen) atoms. The molecule has 0 aliphatic rings. The highest BCUT2D eigenvalue weighted by atomic mass is 16.4. The largest absolute Gasteiger partial charge is 0.478 e. The van der Waals surface area contributed by atoms with Crippen molar-refractivity contribution in [3.05, 3.63) is 24.4 Å². The monoisotopic (exact) mass is 125 g/mol. The summed E-state index contributed by atoms with van der Waals surface area (Å²) < 4.78 is 0. The summed E-state index contributed by atoms with van der Waals surface area (Å²) in [5, 5.41) is 8.05. The molecule has 0 aromatic carbocycles. The first-order chi connectivity index (χ1) is 4.27. The van der Waals surface area contributed by atoms with Crippen LogP contribution in [0.1, 0.15) is 0 Å². The summed E-state index contributed by atoms with van der Waals surface area (Å²) in [4.78, 5) is 13.2. The molecule has 0 heterocycles. The second kappa shape index (κ2) is 4.77. The Morgan fingerprint density at radius 1 is 1.56 bits per heavy atom. The van der Waals surface area contributed by atoms with Gasteiger partial charge in [-0.25, -0.2) is 4.79 Å². The predicted octanol–water partition coefficient (Wildman–Crippen LogP) is 0.841. The first kappa shape index (κ1) is 7.62. The molecule has 0 atom stereocenters. The van der Waals surface area contributed by atoms with E-state index in [4.69, 9.17) is 5.11 Å². The van der Waals surface area contributed by atoms with E-state index in [0.717, 1.165) is 6.08 Å². The fourth-order valence-electron chi connectivity index (χ4n) is 0.248. The minimum absolute atomic E-state index is 0.969. The summed E-state index contributed by atoms with van der Waals surface area (Å²) in [6.07, 6.45) is 5.28. The van der Waals surface area contributed by atoms with Crippen LogP contribution in [0.2, 0.25) is 0 Å². The number of aliphatic carboxylic acids is 1. The highest BCUT2D eigenvalue weighted by Gasteiger charge is 1.78. The molecule has 0 bridgehead atoms. The van der Waals surface area contributed by atoms with E-state index < -0.39 is 5.97 Å². The first-order valence-corrected chi connectivity index (χ1v) is 2.29. The third kappa shape index (κ3) is 6.62. The molecule has 3 nitrogen and oxygen atoms in total. The lowest BCUT2D eigenvalue weighted by Gasteiger charge is -1.72. The zero-order valence-electron chi connectivity index (χ0n) is 4.82. The van der Waals surface area contributed by atoms with Gasteiger partial charge in [-0.15, -0.1) is 0 Å². The van der Waals surface area contributed by atoms with E-state index in [2.05, 4.69) is 11.7 Å². The average Bonchev–Trinajstić information content (AvgIpc) is 1.80. The average molecular weight is 125 g/mol. The van der Waals surface area contributed by atoms with Gasteiger partial charge in [0.2, 0.25) is 0 Å². The van der Waals surface area contributed by atoms with Crippen LogP contribution in [0, 0.1) is 0 Å². The van der Waals surface area contributed by atoms with Gasteiger partial charge in [0, 0.05) is 12.3 Å². The van der Waals surface area contributed by atoms with E-state index in [0.29, 0.717) is 0 Å². The summed E-state index contributed by atoms with van der Waals surface area (Å²) in [5.41, 5.74) is 0. The number of carboxylic acids is 1. The van der Waals surface area contributed by atoms with E-state index in [-0.39, 0.29) is 0 Å². The van der Waals surface area contributed by atoms with E-state index in [1.165, 1.54) is 18.4 Å². The number of carboxylic acid groups (broad SMARTS) is 1. The Bertz CT molecular complexity index is 158. The molecule has 0 fully saturated rings. The molecule has 0 amide bonds. The van der Waals surface area contributed by atoms with E-state index >= 15 is 0 Å². The van der Waals surface area contributed by atoms with Crippen LogP contribution >= 0.6 is 0 Å². The van der Waals surface area contributed by atoms with Crippen LogP contribution in [0.15, 0.2) is 29.4 Å². The quantitative estimate of drug-likeness (QED) is 0.345. The molecule has 0 aromatic heterocycles. The zero-order valence-corrected chi connectivity index (χ0v) is 4.82. The van der Waals surface area contributed by atoms with Gasteiger partial charge in [0.05, 0.1) is 0 Å². The smallest absolute Gasteiger partial charge is 0.328 e. The Hall–Kier alpha value is -1.38. The van der Waals surface area contributed by atoms with Crippen LogP contribution in [0.3, 0.4) is 0 Å². The first-order valence-electron chi connectivity index (χ1n) is 2.29. The molecule has 0 unspecified atom stereocenters. The van der Waals surface area contributed by atoms with Gasteiger partial charge in [-0.2, -0.15) is 0 Å². The molecular weight excluding hydrogens is 118 g/mol. The van der Waals surface area contributed by atoms with Gasteiger partial charge in [0.15, 0.2) is 0 Å². The number of allylic oxidation sites excluding steroid dienone is 2. The fraction of sp³-hybridized carbons (Fsp3) is 0. The van der Waals surface area contributed by atoms with Crippen LogP contribution in [-0.4, -0.2) is 17.8 Å². The Morgan fingerprint density at radius 2 is 2.22 bits per heavy atom. The highest BCUT2D eigenvalue weighted by molar-refractivity contribution is 5.80. The van der Waals surface area contributed by atoms with Crippen molar-refractivity contribution >= 4 is 12.7 Å². The lowest BCUT2D eigenvalue weighted by atomic mass is 10.5. The van der Waals surface area contributed by atoms with Crippen molar-refractivity contribution in [2.75, 3.05) is 0 Å². The van der Waals surface area contributed by atoms with Gasteiger partial charge in [-0.1, -0.05) is 6.08 Å². The molecule has 1 N–H and O–H groups in total. The fourth-order valence-corrected chi connectivity index (χ4v) is 0.248. The van der Waals surface area contributed by atoms with Gasteiger partial charge in [-0.05, 0) is 12.8 Å². The molecular formula is C6H7NO2. The maximum Gasteiger partial charge on any atom is 0.328 e. The van der Waals surface area contributed by atoms with Crippen molar-refractivity contribution in [3.8, 4) is 0 Å². The minimum atomic E-state index is -0.969. The molecule has 0 aromatic rings. The number of hydrogen-bond donors (Lipinski definition) is 1. The number of hydrogen-bond acceptors (Lipinski definition) is 2. The number of nitrogens with zero attached hydrogens (tertiary/aromatic N) is 1. The van der Waals surface area contributed by atoms with Gasteiger partial charge in [-0.3, -0.25) is 4.99 Å². The maximum absolute atomic E-state index is 9.80. The van der Waals surface area contributed by atoms with Crippen LogP contribution < -0.4 is 0 Å². The van der Waals surface area contributed by atoms with Gasteiger partial charge in [0.1, 0.15) is 0 Å². The zero-order chi connectivity index (χ0) is 7.11. The van der Waals surface area contributed by atoms with Gasteiger partial charge >= 0.3 is 5.97 Å². The van der Waals surface area contributed by atoms with E-state index in [1.54, 1.807) is 0 Å². The van der Waals surface area contributed by atoms with Crippen LogP contribution in [0.4, 0.5) is 0 Å². The predicted molar refractivity (Wildman–Crippen MR) is 35.5 cm³/mol. The molecule has 0 rings (SSSR count). The molecule has 0 aliphatic heterocycles. The molecule has 0 spiro atoms. The summed E-state index contributed by atoms with van der Waals surface area (Å²) >= 11 is 0. The van der Waals surface area contributed by atoms with Gasteiger partial charge < -0.3 is 5.11 Å². The minimum Gasteiger partial charge on any atom is -0.478 e. The van der Waals surface area contributed by atoms with Crippen molar-refractivity contribution in [3.63, 3.8) is 0 Å². The molecule has 48 valence electrons. The van der Waals surface area contributed by atoms with Crippen molar-refractivity contribution in [1.82, 2.24) is 0 Å². The summed E-state index contributed by atoms with van der Waals surface area (Å²) in [6.45, 7) is 3.16. The lowest BCUT2D eigenvalue weighted by Crippen LogP contribution is -1.83. The standard InChI is InChI=1S/C6H7NO2/c1-7-5-3-2-4-6(8)9/h2-5H,1H2,(H,8,9)/b4-2+,5-3-. The summed E-state index contributed by atoms with van der Waals surface area (Å²) in [5.74, 6) is -0.969. The van der Waals surface area contributed by atoms with Crippen LogP contribution in [0.25, 0.3) is 0 Å². The third-order valence-corrected chi connectivity index (χ3v) is 0.541. The van der Waals surface area contributed by atoms with E-state index in [1.807, 2.05) is 0 Å². The van der Waals surface area contributed by atoms with Crippen LogP contribution in [0.5, 0.6) is 0 Å².